The summed E-state index contributed by atoms with van der Waals surface area (Å²) in [4.78, 5) is 15.6. The molecule has 7 nitrogen and oxygen atoms in total. The second-order valence-corrected chi connectivity index (χ2v) is 14.0. The van der Waals surface area contributed by atoms with E-state index >= 15 is 0 Å². The highest BCUT2D eigenvalue weighted by Gasteiger charge is 2.47. The Morgan fingerprint density at radius 2 is 1.68 bits per heavy atom. The van der Waals surface area contributed by atoms with E-state index in [2.05, 4.69) is 6.07 Å². The van der Waals surface area contributed by atoms with Gasteiger partial charge in [-0.3, -0.25) is 4.79 Å². The van der Waals surface area contributed by atoms with E-state index in [0.29, 0.717) is 30.8 Å². The van der Waals surface area contributed by atoms with Crippen molar-refractivity contribution in [2.24, 2.45) is 11.3 Å². The predicted molar refractivity (Wildman–Crippen MR) is 151 cm³/mol. The molecular formula is C31H32F2N4O3S. The van der Waals surface area contributed by atoms with Crippen LogP contribution in [-0.2, 0) is 14.6 Å². The van der Waals surface area contributed by atoms with Crippen LogP contribution in [0.5, 0.6) is 0 Å². The number of sulfone groups is 1. The number of aromatic nitrogens is 2. The van der Waals surface area contributed by atoms with Gasteiger partial charge in [-0.05, 0) is 55.5 Å². The van der Waals surface area contributed by atoms with Crippen LogP contribution in [0.4, 0.5) is 14.5 Å². The van der Waals surface area contributed by atoms with Crippen LogP contribution in [-0.4, -0.2) is 48.6 Å². The Morgan fingerprint density at radius 3 is 2.32 bits per heavy atom. The molecule has 6 rings (SSSR count). The fraction of sp³-hybridized carbons (Fsp3) is 0.452. The van der Waals surface area contributed by atoms with Crippen molar-refractivity contribution in [1.29, 1.82) is 5.26 Å². The highest BCUT2D eigenvalue weighted by molar-refractivity contribution is 7.91. The normalized spacial score (nSPS) is 23.1. The fourth-order valence-corrected chi connectivity index (χ4v) is 7.52. The topological polar surface area (TPSA) is 96.1 Å². The van der Waals surface area contributed by atoms with E-state index in [1.807, 2.05) is 29.2 Å². The molecule has 3 fully saturated rings. The van der Waals surface area contributed by atoms with Gasteiger partial charge in [-0.1, -0.05) is 31.0 Å². The summed E-state index contributed by atoms with van der Waals surface area (Å²) in [7, 11) is -3.00. The molecule has 2 aliphatic carbocycles. The molecule has 2 aromatic carbocycles. The first-order chi connectivity index (χ1) is 19.7. The number of para-hydroxylation sites is 1. The number of ketones is 1. The van der Waals surface area contributed by atoms with Gasteiger partial charge in [0.05, 0.1) is 28.7 Å². The Balaban J connectivity index is 1.38. The number of carbonyl (C=O) groups is 1. The van der Waals surface area contributed by atoms with Gasteiger partial charge < -0.3 is 4.90 Å². The van der Waals surface area contributed by atoms with Gasteiger partial charge in [0.2, 0.25) is 0 Å². The maximum absolute atomic E-state index is 14.8. The maximum atomic E-state index is 14.8. The molecule has 10 heteroatoms. The molecule has 0 N–H and O–H groups in total. The number of hydrogen-bond acceptors (Lipinski definition) is 6. The molecule has 2 heterocycles. The van der Waals surface area contributed by atoms with Crippen LogP contribution in [0.2, 0.25) is 0 Å². The quantitative estimate of drug-likeness (QED) is 0.363. The average Bonchev–Trinajstić information content (AvgIpc) is 3.61. The molecule has 0 unspecified atom stereocenters. The lowest BCUT2D eigenvalue weighted by molar-refractivity contribution is -0.125. The van der Waals surface area contributed by atoms with Crippen molar-refractivity contribution in [2.45, 2.75) is 50.9 Å². The van der Waals surface area contributed by atoms with Gasteiger partial charge in [-0.2, -0.15) is 10.4 Å². The van der Waals surface area contributed by atoms with Gasteiger partial charge in [0.15, 0.2) is 21.5 Å². The summed E-state index contributed by atoms with van der Waals surface area (Å²) in [6, 6.07) is 13.7. The van der Waals surface area contributed by atoms with E-state index in [9.17, 15) is 27.3 Å². The van der Waals surface area contributed by atoms with Crippen molar-refractivity contribution in [1.82, 2.24) is 9.78 Å². The van der Waals surface area contributed by atoms with E-state index < -0.39 is 26.9 Å². The molecule has 1 saturated heterocycles. The molecule has 1 aromatic heterocycles. The van der Waals surface area contributed by atoms with E-state index in [0.717, 1.165) is 43.4 Å². The summed E-state index contributed by atoms with van der Waals surface area (Å²) in [6.07, 6.45) is 6.60. The van der Waals surface area contributed by atoms with Crippen LogP contribution in [0.25, 0.3) is 16.8 Å². The standard InChI is InChI=1S/C31H32F2N4O3S/c32-26-6-3-7-27(33)30(26)37-19-25(21-8-10-22(11-9-21)36-14-16-41(39,40)17-15-36)29(35-37)24-5-2-1-4-23(24)28(38)18-31(20-34)12-13-31/h3,6-11,19,23-24H,1-2,4-5,12-18H2/t23-,24-/m1/s1. The Kier molecular flexibility index (Phi) is 7.18. The van der Waals surface area contributed by atoms with Gasteiger partial charge >= 0.3 is 0 Å². The number of nitrogens with zero attached hydrogens (tertiary/aromatic N) is 4. The summed E-state index contributed by atoms with van der Waals surface area (Å²) >= 11 is 0. The lowest BCUT2D eigenvalue weighted by Gasteiger charge is -2.31. The lowest BCUT2D eigenvalue weighted by Crippen LogP contribution is -2.40. The molecule has 3 aromatic rings. The smallest absolute Gasteiger partial charge is 0.153 e. The zero-order valence-electron chi connectivity index (χ0n) is 22.7. The van der Waals surface area contributed by atoms with Gasteiger partial charge in [-0.25, -0.2) is 21.9 Å². The number of rotatable bonds is 7. The number of Topliss-reactive ketones (excluding diaryl/α,β-unsaturated/α-hetero) is 1. The summed E-state index contributed by atoms with van der Waals surface area (Å²) in [5.41, 5.74) is 2.21. The van der Waals surface area contributed by atoms with Gasteiger partial charge in [0.1, 0.15) is 11.5 Å². The van der Waals surface area contributed by atoms with Crippen LogP contribution in [0.1, 0.15) is 56.6 Å². The van der Waals surface area contributed by atoms with Crippen LogP contribution in [0.3, 0.4) is 0 Å². The highest BCUT2D eigenvalue weighted by Crippen LogP contribution is 2.51. The van der Waals surface area contributed by atoms with Crippen molar-refractivity contribution in [3.63, 3.8) is 0 Å². The van der Waals surface area contributed by atoms with Crippen LogP contribution in [0.15, 0.2) is 48.7 Å². The Labute approximate surface area is 238 Å². The van der Waals surface area contributed by atoms with E-state index in [4.69, 9.17) is 5.10 Å². The number of hydrogen-bond donors (Lipinski definition) is 0. The lowest BCUT2D eigenvalue weighted by atomic mass is 9.72. The van der Waals surface area contributed by atoms with Crippen molar-refractivity contribution in [3.05, 3.63) is 66.0 Å². The molecule has 0 spiro atoms. The molecule has 41 heavy (non-hydrogen) atoms. The summed E-state index contributed by atoms with van der Waals surface area (Å²) in [6.45, 7) is 0.848. The van der Waals surface area contributed by atoms with Crippen molar-refractivity contribution >= 4 is 21.3 Å². The molecule has 2 saturated carbocycles. The summed E-state index contributed by atoms with van der Waals surface area (Å²) < 4.78 is 54.6. The van der Waals surface area contributed by atoms with E-state index in [-0.39, 0.29) is 41.2 Å². The fourth-order valence-electron chi connectivity index (χ4n) is 6.32. The third-order valence-electron chi connectivity index (χ3n) is 8.93. The highest BCUT2D eigenvalue weighted by atomic mass is 32.2. The van der Waals surface area contributed by atoms with Crippen LogP contribution in [0, 0.1) is 34.3 Å². The number of nitriles is 1. The number of carbonyl (C=O) groups excluding carboxylic acids is 1. The predicted octanol–water partition coefficient (Wildman–Crippen LogP) is 5.59. The van der Waals surface area contributed by atoms with Crippen LogP contribution < -0.4 is 4.90 Å². The molecule has 1 aliphatic heterocycles. The molecule has 214 valence electrons. The van der Waals surface area contributed by atoms with E-state index in [1.54, 1.807) is 6.20 Å². The molecule has 0 bridgehead atoms. The summed E-state index contributed by atoms with van der Waals surface area (Å²) in [5, 5.41) is 14.3. The van der Waals surface area contributed by atoms with Crippen LogP contribution >= 0.6 is 0 Å². The van der Waals surface area contributed by atoms with Crippen molar-refractivity contribution in [2.75, 3.05) is 29.5 Å². The van der Waals surface area contributed by atoms with Gasteiger partial charge in [0, 0.05) is 48.8 Å². The van der Waals surface area contributed by atoms with Gasteiger partial charge in [0.25, 0.3) is 0 Å². The number of benzene rings is 2. The van der Waals surface area contributed by atoms with Gasteiger partial charge in [-0.15, -0.1) is 0 Å². The minimum Gasteiger partial charge on any atom is -0.369 e. The monoisotopic (exact) mass is 578 g/mol. The minimum absolute atomic E-state index is 0.0710. The molecule has 2 atom stereocenters. The first kappa shape index (κ1) is 27.6. The van der Waals surface area contributed by atoms with Crippen molar-refractivity contribution < 1.29 is 22.0 Å². The SMILES string of the molecule is N#CC1(CC(=O)[C@@H]2CCCC[C@H]2c2nn(-c3c(F)cccc3F)cc2-c2ccc(N3CCS(=O)(=O)CC3)cc2)CC1. The summed E-state index contributed by atoms with van der Waals surface area (Å²) in [5.74, 6) is -1.71. The minimum atomic E-state index is -3.00. The third kappa shape index (κ3) is 5.52. The first-order valence-electron chi connectivity index (χ1n) is 14.2. The Morgan fingerprint density at radius 1 is 1.02 bits per heavy atom. The molecule has 0 amide bonds. The van der Waals surface area contributed by atoms with E-state index in [1.165, 1.54) is 22.9 Å². The second-order valence-electron chi connectivity index (χ2n) is 11.7. The average molecular weight is 579 g/mol. The Bertz CT molecular complexity index is 1590. The largest absolute Gasteiger partial charge is 0.369 e. The maximum Gasteiger partial charge on any atom is 0.153 e. The third-order valence-corrected chi connectivity index (χ3v) is 10.5. The number of halogens is 2. The zero-order valence-corrected chi connectivity index (χ0v) is 23.5. The zero-order chi connectivity index (χ0) is 28.8. The first-order valence-corrected chi connectivity index (χ1v) is 16.0. The molecule has 0 radical (unpaired) electrons. The second kappa shape index (κ2) is 10.7. The molecule has 3 aliphatic rings. The molecular weight excluding hydrogens is 546 g/mol. The van der Waals surface area contributed by atoms with Crippen molar-refractivity contribution in [3.8, 4) is 22.9 Å². The number of anilines is 1. The Hall–Kier alpha value is -3.58.